The van der Waals surface area contributed by atoms with Gasteiger partial charge in [0.1, 0.15) is 5.76 Å². The number of aliphatic hydroxyl groups is 1. The van der Waals surface area contributed by atoms with Crippen molar-refractivity contribution in [3.63, 3.8) is 0 Å². The van der Waals surface area contributed by atoms with Crippen LogP contribution in [0, 0.1) is 6.92 Å². The highest BCUT2D eigenvalue weighted by atomic mass is 32.2. The number of thioether (sulfide) groups is 1. The van der Waals surface area contributed by atoms with Crippen LogP contribution in [-0.2, 0) is 0 Å². The summed E-state index contributed by atoms with van der Waals surface area (Å²) in [6.07, 6.45) is 5.26. The summed E-state index contributed by atoms with van der Waals surface area (Å²) >= 11 is 1.80. The lowest BCUT2D eigenvalue weighted by molar-refractivity contribution is 0.239. The van der Waals surface area contributed by atoms with Crippen molar-refractivity contribution in [1.82, 2.24) is 5.32 Å². The minimum atomic E-state index is 0.238. The summed E-state index contributed by atoms with van der Waals surface area (Å²) in [5.41, 5.74) is 0. The van der Waals surface area contributed by atoms with E-state index in [9.17, 15) is 5.11 Å². The van der Waals surface area contributed by atoms with Crippen molar-refractivity contribution in [1.29, 1.82) is 0 Å². The van der Waals surface area contributed by atoms with E-state index in [0.717, 1.165) is 17.9 Å². The molecule has 0 bridgehead atoms. The molecular formula is C12H19NO2S. The molecule has 3 nitrogen and oxygen atoms in total. The second-order valence-corrected chi connectivity index (χ2v) is 5.44. The maximum atomic E-state index is 9.22. The summed E-state index contributed by atoms with van der Waals surface area (Å²) in [6.45, 7) is 2.22. The van der Waals surface area contributed by atoms with Crippen LogP contribution >= 0.6 is 11.8 Å². The summed E-state index contributed by atoms with van der Waals surface area (Å²) in [5, 5.41) is 12.7. The van der Waals surface area contributed by atoms with Gasteiger partial charge in [-0.15, -0.1) is 11.8 Å². The molecule has 1 heterocycles. The SMILES string of the molecule is Cc1occc1SCCC(CO)NC1CC1. The first-order valence-corrected chi connectivity index (χ1v) is 6.82. The fourth-order valence-electron chi connectivity index (χ4n) is 1.64. The standard InChI is InChI=1S/C12H19NO2S/c1-9-12(4-6-15-9)16-7-5-11(8-14)13-10-2-3-10/h4,6,10-11,13-14H,2-3,5,7-8H2,1H3. The second kappa shape index (κ2) is 5.75. The Labute approximate surface area is 101 Å². The van der Waals surface area contributed by atoms with E-state index in [1.54, 1.807) is 18.0 Å². The van der Waals surface area contributed by atoms with E-state index < -0.39 is 0 Å². The van der Waals surface area contributed by atoms with Crippen molar-refractivity contribution in [2.24, 2.45) is 0 Å². The molecule has 2 rings (SSSR count). The normalized spacial score (nSPS) is 17.6. The van der Waals surface area contributed by atoms with Crippen molar-refractivity contribution >= 4 is 11.8 Å². The molecule has 2 N–H and O–H groups in total. The molecule has 0 aromatic carbocycles. The number of nitrogens with one attached hydrogen (secondary N) is 1. The van der Waals surface area contributed by atoms with Crippen LogP contribution in [-0.4, -0.2) is 29.5 Å². The van der Waals surface area contributed by atoms with Gasteiger partial charge < -0.3 is 14.8 Å². The largest absolute Gasteiger partial charge is 0.468 e. The van der Waals surface area contributed by atoms with Gasteiger partial charge in [0.2, 0.25) is 0 Å². The fraction of sp³-hybridized carbons (Fsp3) is 0.667. The third kappa shape index (κ3) is 3.54. The second-order valence-electron chi connectivity index (χ2n) is 4.30. The molecule has 1 fully saturated rings. The smallest absolute Gasteiger partial charge is 0.114 e. The molecule has 1 aromatic heterocycles. The van der Waals surface area contributed by atoms with Gasteiger partial charge in [0.15, 0.2) is 0 Å². The van der Waals surface area contributed by atoms with Gasteiger partial charge >= 0.3 is 0 Å². The molecule has 1 aliphatic carbocycles. The maximum Gasteiger partial charge on any atom is 0.114 e. The van der Waals surface area contributed by atoms with Crippen molar-refractivity contribution in [2.45, 2.75) is 43.2 Å². The molecule has 0 aliphatic heterocycles. The molecule has 4 heteroatoms. The van der Waals surface area contributed by atoms with Crippen LogP contribution < -0.4 is 5.32 Å². The van der Waals surface area contributed by atoms with Crippen molar-refractivity contribution < 1.29 is 9.52 Å². The first kappa shape index (κ1) is 12.0. The predicted molar refractivity (Wildman–Crippen MR) is 65.8 cm³/mol. The van der Waals surface area contributed by atoms with Gasteiger partial charge in [-0.2, -0.15) is 0 Å². The molecule has 90 valence electrons. The van der Waals surface area contributed by atoms with Crippen LogP contribution in [0.4, 0.5) is 0 Å². The molecule has 0 amide bonds. The monoisotopic (exact) mass is 241 g/mol. The van der Waals surface area contributed by atoms with Crippen molar-refractivity contribution in [2.75, 3.05) is 12.4 Å². The van der Waals surface area contributed by atoms with Crippen LogP contribution in [0.2, 0.25) is 0 Å². The lowest BCUT2D eigenvalue weighted by atomic mass is 10.2. The van der Waals surface area contributed by atoms with E-state index >= 15 is 0 Å². The molecule has 1 atom stereocenters. The van der Waals surface area contributed by atoms with Crippen LogP contribution in [0.1, 0.15) is 25.0 Å². The average Bonchev–Trinajstić information content (AvgIpc) is 3.01. The van der Waals surface area contributed by atoms with Crippen molar-refractivity contribution in [3.05, 3.63) is 18.1 Å². The van der Waals surface area contributed by atoms with E-state index in [1.807, 2.05) is 13.0 Å². The fourth-order valence-corrected chi connectivity index (χ4v) is 2.67. The van der Waals surface area contributed by atoms with Gasteiger partial charge in [-0.3, -0.25) is 0 Å². The Balaban J connectivity index is 1.67. The predicted octanol–water partition coefficient (Wildman–Crippen LogP) is 2.18. The number of hydrogen-bond donors (Lipinski definition) is 2. The van der Waals surface area contributed by atoms with Crippen LogP contribution in [0.15, 0.2) is 21.6 Å². The Morgan fingerprint density at radius 1 is 1.62 bits per heavy atom. The zero-order valence-corrected chi connectivity index (χ0v) is 10.4. The molecule has 16 heavy (non-hydrogen) atoms. The molecule has 0 saturated heterocycles. The quantitative estimate of drug-likeness (QED) is 0.718. The van der Waals surface area contributed by atoms with E-state index in [4.69, 9.17) is 4.42 Å². The Kier molecular flexibility index (Phi) is 4.32. The molecule has 0 spiro atoms. The third-order valence-electron chi connectivity index (χ3n) is 2.80. The minimum absolute atomic E-state index is 0.238. The summed E-state index contributed by atoms with van der Waals surface area (Å²) < 4.78 is 5.24. The Morgan fingerprint density at radius 3 is 3.00 bits per heavy atom. The van der Waals surface area contributed by atoms with E-state index in [0.29, 0.717) is 6.04 Å². The maximum absolute atomic E-state index is 9.22. The lowest BCUT2D eigenvalue weighted by Gasteiger charge is -2.15. The molecular weight excluding hydrogens is 222 g/mol. The zero-order valence-electron chi connectivity index (χ0n) is 9.61. The highest BCUT2D eigenvalue weighted by molar-refractivity contribution is 7.99. The molecule has 1 aliphatic rings. The first-order chi connectivity index (χ1) is 7.79. The van der Waals surface area contributed by atoms with E-state index in [2.05, 4.69) is 5.32 Å². The van der Waals surface area contributed by atoms with Gasteiger partial charge in [0.05, 0.1) is 12.9 Å². The van der Waals surface area contributed by atoms with Gasteiger partial charge in [0, 0.05) is 17.0 Å². The van der Waals surface area contributed by atoms with Crippen LogP contribution in [0.3, 0.4) is 0 Å². The van der Waals surface area contributed by atoms with Crippen LogP contribution in [0.25, 0.3) is 0 Å². The minimum Gasteiger partial charge on any atom is -0.468 e. The summed E-state index contributed by atoms with van der Waals surface area (Å²) in [4.78, 5) is 1.21. The van der Waals surface area contributed by atoms with Gasteiger partial charge in [0.25, 0.3) is 0 Å². The lowest BCUT2D eigenvalue weighted by Crippen LogP contribution is -2.34. The molecule has 1 aromatic rings. The van der Waals surface area contributed by atoms with Crippen molar-refractivity contribution in [3.8, 4) is 0 Å². The summed E-state index contributed by atoms with van der Waals surface area (Å²) in [6, 6.07) is 2.92. The Hall–Kier alpha value is -0.450. The topological polar surface area (TPSA) is 45.4 Å². The molecule has 1 saturated carbocycles. The van der Waals surface area contributed by atoms with Gasteiger partial charge in [-0.05, 0) is 38.0 Å². The van der Waals surface area contributed by atoms with Gasteiger partial charge in [-0.1, -0.05) is 0 Å². The highest BCUT2D eigenvalue weighted by Crippen LogP contribution is 2.25. The Morgan fingerprint density at radius 2 is 2.44 bits per heavy atom. The number of hydrogen-bond acceptors (Lipinski definition) is 4. The average molecular weight is 241 g/mol. The third-order valence-corrected chi connectivity index (χ3v) is 3.98. The first-order valence-electron chi connectivity index (χ1n) is 5.83. The van der Waals surface area contributed by atoms with E-state index in [1.165, 1.54) is 17.7 Å². The van der Waals surface area contributed by atoms with Crippen LogP contribution in [0.5, 0.6) is 0 Å². The highest BCUT2D eigenvalue weighted by Gasteiger charge is 2.23. The number of aryl methyl sites for hydroxylation is 1. The zero-order chi connectivity index (χ0) is 11.4. The van der Waals surface area contributed by atoms with Gasteiger partial charge in [-0.25, -0.2) is 0 Å². The summed E-state index contributed by atoms with van der Waals surface area (Å²) in [7, 11) is 0. The summed E-state index contributed by atoms with van der Waals surface area (Å²) in [5.74, 6) is 2.01. The number of furan rings is 1. The van der Waals surface area contributed by atoms with E-state index in [-0.39, 0.29) is 12.6 Å². The Bertz CT molecular complexity index is 323. The molecule has 1 unspecified atom stereocenters. The molecule has 0 radical (unpaired) electrons. The number of rotatable bonds is 7. The number of aliphatic hydroxyl groups excluding tert-OH is 1.